The number of nitrogen functional groups attached to an aromatic ring is 1. The Morgan fingerprint density at radius 3 is 1.64 bits per heavy atom. The molecule has 1 aliphatic rings. The molecule has 0 aliphatic heterocycles. The Balaban J connectivity index is -0.00000179. The maximum absolute atomic E-state index is 13.1. The molecule has 0 aromatic heterocycles. The quantitative estimate of drug-likeness (QED) is 0.0294. The second-order valence-electron chi connectivity index (χ2n) is 9.46. The molecular formula is C26H23N5Na4O16S5-2. The summed E-state index contributed by atoms with van der Waals surface area (Å²) in [7, 11) is -22.4. The van der Waals surface area contributed by atoms with Crippen LogP contribution in [0.25, 0.3) is 6.08 Å². The van der Waals surface area contributed by atoms with Crippen molar-refractivity contribution in [2.75, 3.05) is 22.7 Å². The van der Waals surface area contributed by atoms with E-state index in [-0.39, 0.29) is 157 Å². The van der Waals surface area contributed by atoms with Gasteiger partial charge in [-0.3, -0.25) is 14.5 Å². The van der Waals surface area contributed by atoms with E-state index in [1.165, 1.54) is 42.5 Å². The number of anilines is 2. The van der Waals surface area contributed by atoms with Gasteiger partial charge in [0.1, 0.15) is 15.8 Å². The zero-order chi connectivity index (χ0) is 39.9. The molecule has 0 saturated carbocycles. The SMILES string of the molecule is O=S(=O)([O-])O.O=S(=O)([O-])O.[CH2-]CS(=O)(=O)c1ccc(N/N=C2/[C-]=Cc3c(ccc(N)c3N=Nc3ccc(S(=O)(=O)C[CH2-])cc3S(=O)(=O)[O-])C2=O)cc1.[Na+].[Na+].[Na+].[Na+]. The Bertz CT molecular complexity index is 2470. The third kappa shape index (κ3) is 19.7. The molecule has 0 unspecified atom stereocenters. The maximum atomic E-state index is 13.1. The smallest absolute Gasteiger partial charge is 0.744 e. The van der Waals surface area contributed by atoms with Crippen molar-refractivity contribution < 1.29 is 188 Å². The Hall–Kier alpha value is -0.510. The third-order valence-electron chi connectivity index (χ3n) is 5.93. The van der Waals surface area contributed by atoms with Crippen molar-refractivity contribution in [3.8, 4) is 0 Å². The Kier molecular flexibility index (Phi) is 26.3. The molecule has 0 fully saturated rings. The monoisotopic (exact) mass is 913 g/mol. The summed E-state index contributed by atoms with van der Waals surface area (Å²) in [5.74, 6) is -1.43. The van der Waals surface area contributed by atoms with Gasteiger partial charge in [0.2, 0.25) is 20.8 Å². The molecule has 5 N–H and O–H groups in total. The van der Waals surface area contributed by atoms with Crippen molar-refractivity contribution >= 4 is 90.9 Å². The number of hydrogen-bond acceptors (Lipinski definition) is 19. The molecule has 0 spiro atoms. The number of nitrogens with two attached hydrogens (primary N) is 1. The third-order valence-corrected chi connectivity index (χ3v) is 9.83. The molecule has 1 aliphatic carbocycles. The number of Topliss-reactive ketones (excluding diaryl/α,β-unsaturated/α-hetero) is 1. The summed E-state index contributed by atoms with van der Waals surface area (Å²) in [6.07, 6.45) is 4.07. The molecule has 30 heteroatoms. The van der Waals surface area contributed by atoms with Gasteiger partial charge < -0.3 is 38.0 Å². The first-order valence-corrected chi connectivity index (χ1v) is 20.5. The van der Waals surface area contributed by atoms with E-state index < -0.39 is 77.6 Å². The molecule has 3 aromatic rings. The van der Waals surface area contributed by atoms with Crippen LogP contribution in [0.4, 0.5) is 22.7 Å². The Morgan fingerprint density at radius 1 is 0.714 bits per heavy atom. The number of rotatable bonds is 9. The first kappa shape index (κ1) is 59.8. The average molecular weight is 914 g/mol. The molecule has 0 heterocycles. The van der Waals surface area contributed by atoms with E-state index in [9.17, 15) is 34.6 Å². The van der Waals surface area contributed by atoms with Crippen molar-refractivity contribution in [2.24, 2.45) is 15.3 Å². The van der Waals surface area contributed by atoms with E-state index in [0.717, 1.165) is 12.1 Å². The van der Waals surface area contributed by atoms with Crippen LogP contribution in [0.2, 0.25) is 0 Å². The maximum Gasteiger partial charge on any atom is 1.00 e. The van der Waals surface area contributed by atoms with Crippen LogP contribution in [-0.4, -0.2) is 87.9 Å². The number of carbonyl (C=O) groups excluding carboxylic acids is 1. The topological polar surface area (TPSA) is 373 Å². The molecule has 0 saturated heterocycles. The van der Waals surface area contributed by atoms with E-state index >= 15 is 0 Å². The van der Waals surface area contributed by atoms with E-state index in [0.29, 0.717) is 11.8 Å². The molecule has 0 amide bonds. The molecule has 0 radical (unpaired) electrons. The Morgan fingerprint density at radius 2 is 1.18 bits per heavy atom. The number of sulfone groups is 2. The number of nitrogens with zero attached hydrogens (tertiary/aromatic N) is 3. The molecule has 21 nitrogen and oxygen atoms in total. The van der Waals surface area contributed by atoms with Gasteiger partial charge in [0.25, 0.3) is 0 Å². The second-order valence-corrected chi connectivity index (χ2v) is 16.7. The van der Waals surface area contributed by atoms with Crippen LogP contribution >= 0.6 is 0 Å². The number of azo groups is 1. The van der Waals surface area contributed by atoms with Gasteiger partial charge in [-0.1, -0.05) is 28.7 Å². The van der Waals surface area contributed by atoms with Gasteiger partial charge >= 0.3 is 118 Å². The van der Waals surface area contributed by atoms with Gasteiger partial charge in [-0.2, -0.15) is 27.5 Å². The number of benzene rings is 3. The zero-order valence-corrected chi connectivity index (χ0v) is 41.8. The summed E-state index contributed by atoms with van der Waals surface area (Å²) in [5.41, 5.74) is 8.85. The summed E-state index contributed by atoms with van der Waals surface area (Å²) in [6.45, 7) is 6.68. The number of carbonyl (C=O) groups is 1. The normalized spacial score (nSPS) is 13.2. The van der Waals surface area contributed by atoms with Crippen molar-refractivity contribution in [3.63, 3.8) is 0 Å². The number of hydrazone groups is 1. The van der Waals surface area contributed by atoms with Gasteiger partial charge in [0.15, 0.2) is 19.7 Å². The van der Waals surface area contributed by atoms with E-state index in [1.54, 1.807) is 0 Å². The van der Waals surface area contributed by atoms with Crippen LogP contribution < -0.4 is 129 Å². The minimum absolute atomic E-state index is 0. The minimum atomic E-state index is -5.16. The fraction of sp³-hybridized carbons (Fsp3) is 0.0769. The van der Waals surface area contributed by atoms with Crippen LogP contribution in [0.3, 0.4) is 0 Å². The number of ketones is 1. The number of fused-ring (bicyclic) bond motifs is 1. The summed E-state index contributed by atoms with van der Waals surface area (Å²) >= 11 is 0. The Labute approximate surface area is 411 Å². The minimum Gasteiger partial charge on any atom is -0.744 e. The first-order chi connectivity index (χ1) is 23.7. The van der Waals surface area contributed by atoms with Gasteiger partial charge in [-0.25, -0.2) is 42.1 Å². The van der Waals surface area contributed by atoms with Crippen LogP contribution in [0, 0.1) is 19.9 Å². The second kappa shape index (κ2) is 24.7. The zero-order valence-electron chi connectivity index (χ0n) is 29.7. The molecular weight excluding hydrogens is 891 g/mol. The largest absolute Gasteiger partial charge is 1.00 e. The standard InChI is InChI=1S/C26H22N5O8S3.4Na.2H2O4S/c1-3-40(33,34)17-7-5-16(6-8-17)28-30-23-14-11-19-20(26(23)32)10-12-21(27)25(19)31-29-22-13-9-18(41(35,36)4-2)15-24(22)42(37,38)39;;;;;2*1-5(2,3)4/h5-13,15,28H,1-4,27H2,(H,37,38,39);;;;;2*(H2,1,2,3,4)/q-3;4*+1;;/p-3/b30-23-,31-29?;;;;;;. The fourth-order valence-electron chi connectivity index (χ4n) is 3.66. The molecule has 0 atom stereocenters. The van der Waals surface area contributed by atoms with Crippen molar-refractivity contribution in [1.29, 1.82) is 0 Å². The van der Waals surface area contributed by atoms with Gasteiger partial charge in [0, 0.05) is 11.4 Å². The van der Waals surface area contributed by atoms with Crippen LogP contribution in [0.1, 0.15) is 15.9 Å². The number of nitrogens with one attached hydrogen (secondary N) is 1. The van der Waals surface area contributed by atoms with Gasteiger partial charge in [-0.05, 0) is 48.5 Å². The van der Waals surface area contributed by atoms with E-state index in [4.69, 9.17) is 40.8 Å². The van der Waals surface area contributed by atoms with Gasteiger partial charge in [-0.15, -0.1) is 0 Å². The summed E-state index contributed by atoms with van der Waals surface area (Å²) in [5, 5.41) is 11.8. The van der Waals surface area contributed by atoms with Gasteiger partial charge in [0.05, 0.1) is 31.8 Å². The fourth-order valence-corrected chi connectivity index (χ4v) is 5.97. The van der Waals surface area contributed by atoms with E-state index in [1.807, 2.05) is 0 Å². The number of hydrogen-bond donors (Lipinski definition) is 4. The molecule has 56 heavy (non-hydrogen) atoms. The van der Waals surface area contributed by atoms with Crippen LogP contribution in [-0.2, 0) is 50.6 Å². The van der Waals surface area contributed by atoms with Crippen LogP contribution in [0.15, 0.2) is 84.6 Å². The predicted octanol–water partition coefficient (Wildman–Crippen LogP) is -10.7. The van der Waals surface area contributed by atoms with E-state index in [2.05, 4.69) is 40.7 Å². The van der Waals surface area contributed by atoms with Crippen molar-refractivity contribution in [2.45, 2.75) is 14.7 Å². The summed E-state index contributed by atoms with van der Waals surface area (Å²) in [4.78, 5) is 11.9. The summed E-state index contributed by atoms with van der Waals surface area (Å²) in [6, 6.07) is 11.2. The molecule has 0 bridgehead atoms. The number of allylic oxidation sites excluding steroid dienone is 1. The molecule has 284 valence electrons. The summed E-state index contributed by atoms with van der Waals surface area (Å²) < 4.78 is 149. The molecule has 3 aromatic carbocycles. The average Bonchev–Trinajstić information content (AvgIpc) is 3.02. The molecule has 4 rings (SSSR count). The first-order valence-electron chi connectivity index (χ1n) is 13.1. The van der Waals surface area contributed by atoms with Crippen molar-refractivity contribution in [1.82, 2.24) is 0 Å². The predicted molar refractivity (Wildman–Crippen MR) is 178 cm³/mol. The van der Waals surface area contributed by atoms with Crippen LogP contribution in [0.5, 0.6) is 0 Å². The van der Waals surface area contributed by atoms with Crippen molar-refractivity contribution in [3.05, 3.63) is 85.6 Å².